The molecule has 0 spiro atoms. The van der Waals surface area contributed by atoms with Crippen molar-refractivity contribution < 1.29 is 4.79 Å². The number of aromatic nitrogens is 2. The van der Waals surface area contributed by atoms with Gasteiger partial charge in [0.1, 0.15) is 0 Å². The van der Waals surface area contributed by atoms with Crippen LogP contribution < -0.4 is 5.32 Å². The first kappa shape index (κ1) is 14.8. The average molecular weight is 332 g/mol. The molecule has 2 heterocycles. The smallest absolute Gasteiger partial charge is 0.252 e. The Hall–Kier alpha value is -2.11. The Balaban J connectivity index is 1.92. The number of hydrogen-bond donors (Lipinski definition) is 1. The van der Waals surface area contributed by atoms with Crippen LogP contribution in [0.5, 0.6) is 0 Å². The second-order valence-corrected chi connectivity index (χ2v) is 6.10. The molecule has 0 fully saturated rings. The molecule has 3 aromatic rings. The van der Waals surface area contributed by atoms with E-state index in [2.05, 4.69) is 10.4 Å². The van der Waals surface area contributed by atoms with Gasteiger partial charge in [0.2, 0.25) is 0 Å². The quantitative estimate of drug-likeness (QED) is 0.793. The van der Waals surface area contributed by atoms with Crippen LogP contribution in [0, 0.1) is 0 Å². The Morgan fingerprint density at radius 3 is 2.64 bits per heavy atom. The summed E-state index contributed by atoms with van der Waals surface area (Å²) >= 11 is 7.44. The Morgan fingerprint density at radius 2 is 2.05 bits per heavy atom. The maximum absolute atomic E-state index is 12.4. The van der Waals surface area contributed by atoms with Gasteiger partial charge in [-0.1, -0.05) is 23.7 Å². The van der Waals surface area contributed by atoms with Crippen LogP contribution in [-0.2, 0) is 7.05 Å². The molecule has 1 unspecified atom stereocenters. The Bertz CT molecular complexity index is 765. The van der Waals surface area contributed by atoms with Gasteiger partial charge in [0, 0.05) is 23.6 Å². The number of nitrogens with zero attached hydrogens (tertiary/aromatic N) is 2. The molecule has 0 aliphatic rings. The first-order chi connectivity index (χ1) is 10.6. The van der Waals surface area contributed by atoms with Crippen molar-refractivity contribution >= 4 is 28.8 Å². The van der Waals surface area contributed by atoms with E-state index in [0.717, 1.165) is 11.3 Å². The van der Waals surface area contributed by atoms with Crippen molar-refractivity contribution in [3.05, 3.63) is 75.2 Å². The molecule has 1 aromatic carbocycles. The van der Waals surface area contributed by atoms with E-state index in [0.29, 0.717) is 10.6 Å². The minimum absolute atomic E-state index is 0.119. The average Bonchev–Trinajstić information content (AvgIpc) is 3.17. The molecule has 1 atom stereocenters. The van der Waals surface area contributed by atoms with E-state index in [1.165, 1.54) is 11.3 Å². The fourth-order valence-corrected chi connectivity index (χ4v) is 2.94. The third-order valence-corrected chi connectivity index (χ3v) is 4.23. The Labute approximate surface area is 137 Å². The normalized spacial score (nSPS) is 12.1. The molecular weight excluding hydrogens is 318 g/mol. The van der Waals surface area contributed by atoms with Crippen LogP contribution in [0.2, 0.25) is 5.02 Å². The van der Waals surface area contributed by atoms with Crippen molar-refractivity contribution in [3.8, 4) is 0 Å². The number of aryl methyl sites for hydroxylation is 1. The number of rotatable bonds is 4. The SMILES string of the molecule is Cn1ccc(C(NC(=O)c2ccsc2)c2ccc(Cl)cc2)n1. The van der Waals surface area contributed by atoms with Gasteiger partial charge < -0.3 is 5.32 Å². The predicted octanol–water partition coefficient (Wildman–Crippen LogP) is 3.65. The number of halogens is 1. The molecule has 4 nitrogen and oxygen atoms in total. The van der Waals surface area contributed by atoms with Crippen molar-refractivity contribution in [2.45, 2.75) is 6.04 Å². The zero-order valence-corrected chi connectivity index (χ0v) is 13.4. The molecule has 6 heteroatoms. The Morgan fingerprint density at radius 1 is 1.27 bits per heavy atom. The number of amides is 1. The van der Waals surface area contributed by atoms with Gasteiger partial charge in [-0.25, -0.2) is 0 Å². The van der Waals surface area contributed by atoms with E-state index in [9.17, 15) is 4.79 Å². The molecule has 0 saturated heterocycles. The summed E-state index contributed by atoms with van der Waals surface area (Å²) in [5, 5.41) is 11.8. The summed E-state index contributed by atoms with van der Waals surface area (Å²) in [4.78, 5) is 12.4. The maximum atomic E-state index is 12.4. The Kier molecular flexibility index (Phi) is 4.27. The largest absolute Gasteiger partial charge is 0.339 e. The minimum Gasteiger partial charge on any atom is -0.339 e. The monoisotopic (exact) mass is 331 g/mol. The number of carbonyl (C=O) groups excluding carboxylic acids is 1. The van der Waals surface area contributed by atoms with Gasteiger partial charge in [-0.3, -0.25) is 9.48 Å². The molecule has 1 amide bonds. The van der Waals surface area contributed by atoms with Gasteiger partial charge in [-0.05, 0) is 35.2 Å². The summed E-state index contributed by atoms with van der Waals surface area (Å²) in [7, 11) is 1.85. The van der Waals surface area contributed by atoms with Gasteiger partial charge in [0.25, 0.3) is 5.91 Å². The molecule has 2 aromatic heterocycles. The van der Waals surface area contributed by atoms with Crippen LogP contribution in [-0.4, -0.2) is 15.7 Å². The standard InChI is InChI=1S/C16H14ClN3OS/c1-20-8-6-14(19-20)15(11-2-4-13(17)5-3-11)18-16(21)12-7-9-22-10-12/h2-10,15H,1H3,(H,18,21). The van der Waals surface area contributed by atoms with Gasteiger partial charge in [-0.15, -0.1) is 0 Å². The third kappa shape index (κ3) is 3.21. The van der Waals surface area contributed by atoms with E-state index in [1.54, 1.807) is 10.7 Å². The number of carbonyl (C=O) groups is 1. The number of nitrogens with one attached hydrogen (secondary N) is 1. The number of benzene rings is 1. The first-order valence-electron chi connectivity index (χ1n) is 6.71. The van der Waals surface area contributed by atoms with E-state index in [4.69, 9.17) is 11.6 Å². The molecule has 0 saturated carbocycles. The van der Waals surface area contributed by atoms with Crippen LogP contribution in [0.3, 0.4) is 0 Å². The second kappa shape index (κ2) is 6.34. The maximum Gasteiger partial charge on any atom is 0.252 e. The van der Waals surface area contributed by atoms with Crippen molar-refractivity contribution in [2.75, 3.05) is 0 Å². The van der Waals surface area contributed by atoms with Crippen molar-refractivity contribution in [1.29, 1.82) is 0 Å². The van der Waals surface area contributed by atoms with E-state index < -0.39 is 0 Å². The van der Waals surface area contributed by atoms with Gasteiger partial charge >= 0.3 is 0 Å². The zero-order valence-electron chi connectivity index (χ0n) is 11.9. The van der Waals surface area contributed by atoms with Crippen LogP contribution in [0.1, 0.15) is 27.7 Å². The third-order valence-electron chi connectivity index (χ3n) is 3.29. The van der Waals surface area contributed by atoms with Crippen LogP contribution >= 0.6 is 22.9 Å². The van der Waals surface area contributed by atoms with Crippen LogP contribution in [0.25, 0.3) is 0 Å². The molecule has 0 radical (unpaired) electrons. The number of thiophene rings is 1. The molecular formula is C16H14ClN3OS. The van der Waals surface area contributed by atoms with E-state index in [1.807, 2.05) is 54.3 Å². The lowest BCUT2D eigenvalue weighted by Crippen LogP contribution is -2.29. The predicted molar refractivity (Wildman–Crippen MR) is 88.3 cm³/mol. The highest BCUT2D eigenvalue weighted by molar-refractivity contribution is 7.08. The lowest BCUT2D eigenvalue weighted by Gasteiger charge is -2.17. The van der Waals surface area contributed by atoms with Crippen molar-refractivity contribution in [3.63, 3.8) is 0 Å². The van der Waals surface area contributed by atoms with Crippen molar-refractivity contribution in [2.24, 2.45) is 7.05 Å². The van der Waals surface area contributed by atoms with Crippen LogP contribution in [0.15, 0.2) is 53.4 Å². The highest BCUT2D eigenvalue weighted by Gasteiger charge is 2.20. The summed E-state index contributed by atoms with van der Waals surface area (Å²) in [5.74, 6) is -0.119. The summed E-state index contributed by atoms with van der Waals surface area (Å²) in [6.07, 6.45) is 1.86. The van der Waals surface area contributed by atoms with E-state index in [-0.39, 0.29) is 11.9 Å². The topological polar surface area (TPSA) is 46.9 Å². The lowest BCUT2D eigenvalue weighted by molar-refractivity contribution is 0.0942. The summed E-state index contributed by atoms with van der Waals surface area (Å²) in [6.45, 7) is 0. The first-order valence-corrected chi connectivity index (χ1v) is 8.03. The minimum atomic E-state index is -0.314. The summed E-state index contributed by atoms with van der Waals surface area (Å²) < 4.78 is 1.72. The fraction of sp³-hybridized carbons (Fsp3) is 0.125. The molecule has 0 aliphatic carbocycles. The summed E-state index contributed by atoms with van der Waals surface area (Å²) in [6, 6.07) is 10.8. The molecule has 22 heavy (non-hydrogen) atoms. The second-order valence-electron chi connectivity index (χ2n) is 4.88. The molecule has 112 valence electrons. The molecule has 3 rings (SSSR count). The lowest BCUT2D eigenvalue weighted by atomic mass is 10.0. The zero-order chi connectivity index (χ0) is 15.5. The highest BCUT2D eigenvalue weighted by Crippen LogP contribution is 2.23. The fourth-order valence-electron chi connectivity index (χ4n) is 2.18. The van der Waals surface area contributed by atoms with Crippen LogP contribution in [0.4, 0.5) is 0 Å². The summed E-state index contributed by atoms with van der Waals surface area (Å²) in [5.41, 5.74) is 2.37. The van der Waals surface area contributed by atoms with Gasteiger partial charge in [0.15, 0.2) is 0 Å². The number of hydrogen-bond acceptors (Lipinski definition) is 3. The molecule has 1 N–H and O–H groups in total. The molecule has 0 bridgehead atoms. The van der Waals surface area contributed by atoms with Crippen molar-refractivity contribution in [1.82, 2.24) is 15.1 Å². The van der Waals surface area contributed by atoms with E-state index >= 15 is 0 Å². The van der Waals surface area contributed by atoms with Gasteiger partial charge in [-0.2, -0.15) is 16.4 Å². The molecule has 0 aliphatic heterocycles. The highest BCUT2D eigenvalue weighted by atomic mass is 35.5. The van der Waals surface area contributed by atoms with Gasteiger partial charge in [0.05, 0.1) is 17.3 Å².